The quantitative estimate of drug-likeness (QED) is 0.511. The number of hydrogen-bond donors (Lipinski definition) is 1. The molecule has 2 aromatic carbocycles. The molecule has 0 saturated heterocycles. The Balaban J connectivity index is 1.91. The zero-order valence-corrected chi connectivity index (χ0v) is 23.0. The molecule has 9 heteroatoms. The largest absolute Gasteiger partial charge is 0.352 e. The van der Waals surface area contributed by atoms with Crippen LogP contribution in [0, 0.1) is 13.8 Å². The monoisotopic (exact) mass is 533 g/mol. The van der Waals surface area contributed by atoms with Gasteiger partial charge in [0.2, 0.25) is 21.8 Å². The molecule has 1 aliphatic carbocycles. The molecule has 1 N–H and O–H groups in total. The number of anilines is 1. The van der Waals surface area contributed by atoms with Gasteiger partial charge in [0.15, 0.2) is 0 Å². The molecule has 196 valence electrons. The summed E-state index contributed by atoms with van der Waals surface area (Å²) in [5.74, 6) is -0.729. The van der Waals surface area contributed by atoms with Crippen LogP contribution in [-0.2, 0) is 26.2 Å². The number of hydrogen-bond acceptors (Lipinski definition) is 4. The molecule has 36 heavy (non-hydrogen) atoms. The highest BCUT2D eigenvalue weighted by Gasteiger charge is 2.32. The lowest BCUT2D eigenvalue weighted by Gasteiger charge is -2.33. The Kier molecular flexibility index (Phi) is 9.41. The number of nitrogens with zero attached hydrogens (tertiary/aromatic N) is 2. The maximum absolute atomic E-state index is 13.7. The normalized spacial score (nSPS) is 15.2. The molecule has 0 unspecified atom stereocenters. The summed E-state index contributed by atoms with van der Waals surface area (Å²) in [4.78, 5) is 28.4. The second-order valence-electron chi connectivity index (χ2n) is 9.62. The average Bonchev–Trinajstić information content (AvgIpc) is 2.83. The fourth-order valence-electron chi connectivity index (χ4n) is 4.56. The van der Waals surface area contributed by atoms with Crippen LogP contribution in [0.2, 0.25) is 5.02 Å². The van der Waals surface area contributed by atoms with Crippen LogP contribution < -0.4 is 9.62 Å². The molecule has 1 atom stereocenters. The van der Waals surface area contributed by atoms with Crippen LogP contribution in [0.1, 0.15) is 55.7 Å². The number of benzene rings is 2. The fourth-order valence-corrected chi connectivity index (χ4v) is 5.66. The topological polar surface area (TPSA) is 86.8 Å². The average molecular weight is 534 g/mol. The van der Waals surface area contributed by atoms with Gasteiger partial charge in [0, 0.05) is 17.6 Å². The van der Waals surface area contributed by atoms with Crippen molar-refractivity contribution in [2.45, 2.75) is 71.5 Å². The number of rotatable bonds is 9. The predicted octanol–water partition coefficient (Wildman–Crippen LogP) is 4.59. The summed E-state index contributed by atoms with van der Waals surface area (Å²) in [5, 5.41) is 3.57. The van der Waals surface area contributed by atoms with Gasteiger partial charge in [-0.2, -0.15) is 0 Å². The van der Waals surface area contributed by atoms with Gasteiger partial charge in [-0.1, -0.05) is 61.2 Å². The van der Waals surface area contributed by atoms with E-state index in [0.29, 0.717) is 16.3 Å². The van der Waals surface area contributed by atoms with E-state index >= 15 is 0 Å². The van der Waals surface area contributed by atoms with Gasteiger partial charge < -0.3 is 10.2 Å². The van der Waals surface area contributed by atoms with Crippen LogP contribution in [0.15, 0.2) is 42.5 Å². The Labute approximate surface area is 219 Å². The van der Waals surface area contributed by atoms with E-state index in [9.17, 15) is 18.0 Å². The van der Waals surface area contributed by atoms with Gasteiger partial charge >= 0.3 is 0 Å². The first-order valence-electron chi connectivity index (χ1n) is 12.4. The van der Waals surface area contributed by atoms with E-state index in [4.69, 9.17) is 11.6 Å². The van der Waals surface area contributed by atoms with E-state index in [1.165, 1.54) is 11.3 Å². The minimum absolute atomic E-state index is 0.0855. The van der Waals surface area contributed by atoms with Gasteiger partial charge in [-0.25, -0.2) is 8.42 Å². The Morgan fingerprint density at radius 3 is 2.36 bits per heavy atom. The summed E-state index contributed by atoms with van der Waals surface area (Å²) in [6.45, 7) is 5.06. The third kappa shape index (κ3) is 7.01. The summed E-state index contributed by atoms with van der Waals surface area (Å²) in [6, 6.07) is 11.8. The van der Waals surface area contributed by atoms with Crippen molar-refractivity contribution < 1.29 is 18.0 Å². The Bertz CT molecular complexity index is 1200. The van der Waals surface area contributed by atoms with Crippen molar-refractivity contribution in [3.05, 3.63) is 64.2 Å². The molecular formula is C27H36ClN3O4S. The Hall–Kier alpha value is -2.58. The number of carbonyl (C=O) groups excluding carboxylic acids is 2. The smallest absolute Gasteiger partial charge is 0.244 e. The number of nitrogens with one attached hydrogen (secondary N) is 1. The van der Waals surface area contributed by atoms with Crippen molar-refractivity contribution in [3.8, 4) is 0 Å². The first kappa shape index (κ1) is 28.0. The molecule has 7 nitrogen and oxygen atoms in total. The second-order valence-corrected chi connectivity index (χ2v) is 11.9. The number of sulfonamides is 1. The Morgan fingerprint density at radius 1 is 1.06 bits per heavy atom. The zero-order chi connectivity index (χ0) is 26.5. The van der Waals surface area contributed by atoms with E-state index in [0.717, 1.165) is 47.4 Å². The van der Waals surface area contributed by atoms with Crippen LogP contribution in [0.3, 0.4) is 0 Å². The summed E-state index contributed by atoms with van der Waals surface area (Å²) in [5.41, 5.74) is 2.82. The van der Waals surface area contributed by atoms with Crippen molar-refractivity contribution >= 4 is 39.1 Å². The van der Waals surface area contributed by atoms with Crippen molar-refractivity contribution in [1.29, 1.82) is 0 Å². The Morgan fingerprint density at radius 2 is 1.72 bits per heavy atom. The lowest BCUT2D eigenvalue weighted by Crippen LogP contribution is -2.53. The van der Waals surface area contributed by atoms with Gasteiger partial charge in [-0.3, -0.25) is 13.9 Å². The zero-order valence-electron chi connectivity index (χ0n) is 21.5. The molecule has 0 aromatic heterocycles. The number of halogens is 1. The summed E-state index contributed by atoms with van der Waals surface area (Å²) in [6.07, 6.45) is 6.23. The van der Waals surface area contributed by atoms with Gasteiger partial charge in [0.25, 0.3) is 0 Å². The molecule has 0 heterocycles. The molecule has 1 fully saturated rings. The van der Waals surface area contributed by atoms with E-state index in [1.54, 1.807) is 37.3 Å². The van der Waals surface area contributed by atoms with Crippen LogP contribution in [0.4, 0.5) is 5.69 Å². The van der Waals surface area contributed by atoms with Gasteiger partial charge in [-0.05, 0) is 62.4 Å². The van der Waals surface area contributed by atoms with Gasteiger partial charge in [0.05, 0.1) is 11.9 Å². The fraction of sp³-hybridized carbons (Fsp3) is 0.481. The summed E-state index contributed by atoms with van der Waals surface area (Å²) < 4.78 is 26.7. The van der Waals surface area contributed by atoms with Crippen LogP contribution in [0.5, 0.6) is 0 Å². The van der Waals surface area contributed by atoms with Crippen LogP contribution in [-0.4, -0.2) is 50.0 Å². The van der Waals surface area contributed by atoms with Gasteiger partial charge in [0.1, 0.15) is 12.6 Å². The standard InChI is InChI=1S/C27H36ClN3O4S/c1-19-11-10-16-25(20(19)2)31(36(4,34)35)18-26(32)30(17-22-12-8-9-15-24(22)28)21(3)27(33)29-23-13-6-5-7-14-23/h8-12,15-16,21,23H,5-7,13-14,17-18H2,1-4H3,(H,29,33)/t21-/m1/s1. The molecule has 3 rings (SSSR count). The van der Waals surface area contributed by atoms with E-state index in [2.05, 4.69) is 5.32 Å². The second kappa shape index (κ2) is 12.1. The van der Waals surface area contributed by atoms with E-state index in [-0.39, 0.29) is 18.5 Å². The molecule has 1 aliphatic rings. The predicted molar refractivity (Wildman–Crippen MR) is 145 cm³/mol. The van der Waals surface area contributed by atoms with Crippen molar-refractivity contribution in [2.75, 3.05) is 17.1 Å². The van der Waals surface area contributed by atoms with Crippen molar-refractivity contribution in [3.63, 3.8) is 0 Å². The molecular weight excluding hydrogens is 498 g/mol. The highest BCUT2D eigenvalue weighted by atomic mass is 35.5. The summed E-state index contributed by atoms with van der Waals surface area (Å²) >= 11 is 6.38. The number of amides is 2. The first-order valence-corrected chi connectivity index (χ1v) is 14.6. The maximum Gasteiger partial charge on any atom is 0.244 e. The molecule has 2 amide bonds. The molecule has 0 radical (unpaired) electrons. The summed E-state index contributed by atoms with van der Waals surface area (Å²) in [7, 11) is -3.78. The lowest BCUT2D eigenvalue weighted by atomic mass is 9.95. The van der Waals surface area contributed by atoms with Gasteiger partial charge in [-0.15, -0.1) is 0 Å². The molecule has 0 aliphatic heterocycles. The third-order valence-electron chi connectivity index (χ3n) is 6.94. The van der Waals surface area contributed by atoms with Crippen molar-refractivity contribution in [2.24, 2.45) is 0 Å². The molecule has 2 aromatic rings. The van der Waals surface area contributed by atoms with E-state index in [1.807, 2.05) is 26.0 Å². The minimum atomic E-state index is -3.78. The third-order valence-corrected chi connectivity index (χ3v) is 8.44. The number of aryl methyl sites for hydroxylation is 1. The molecule has 1 saturated carbocycles. The highest BCUT2D eigenvalue weighted by Crippen LogP contribution is 2.26. The van der Waals surface area contributed by atoms with Crippen LogP contribution in [0.25, 0.3) is 0 Å². The van der Waals surface area contributed by atoms with Crippen LogP contribution >= 0.6 is 11.6 Å². The maximum atomic E-state index is 13.7. The number of carbonyl (C=O) groups is 2. The first-order chi connectivity index (χ1) is 17.0. The lowest BCUT2D eigenvalue weighted by molar-refractivity contribution is -0.139. The molecule has 0 bridgehead atoms. The highest BCUT2D eigenvalue weighted by molar-refractivity contribution is 7.92. The minimum Gasteiger partial charge on any atom is -0.352 e. The molecule has 0 spiro atoms. The SMILES string of the molecule is Cc1cccc(N(CC(=O)N(Cc2ccccc2Cl)[C@H](C)C(=O)NC2CCCCC2)S(C)(=O)=O)c1C. The van der Waals surface area contributed by atoms with E-state index < -0.39 is 28.5 Å². The van der Waals surface area contributed by atoms with Crippen molar-refractivity contribution in [1.82, 2.24) is 10.2 Å².